The van der Waals surface area contributed by atoms with Gasteiger partial charge >= 0.3 is 0 Å². The van der Waals surface area contributed by atoms with Gasteiger partial charge in [-0.3, -0.25) is 4.79 Å². The van der Waals surface area contributed by atoms with E-state index in [0.29, 0.717) is 17.7 Å². The van der Waals surface area contributed by atoms with Crippen LogP contribution in [0.4, 0.5) is 0 Å². The zero-order valence-electron chi connectivity index (χ0n) is 14.2. The van der Waals surface area contributed by atoms with E-state index in [1.54, 1.807) is 0 Å². The van der Waals surface area contributed by atoms with Crippen molar-refractivity contribution in [3.8, 4) is 0 Å². The molecule has 1 saturated carbocycles. The van der Waals surface area contributed by atoms with Crippen molar-refractivity contribution in [2.75, 3.05) is 26.2 Å². The van der Waals surface area contributed by atoms with Gasteiger partial charge in [0.2, 0.25) is 5.91 Å². The number of quaternary nitrogens is 1. The Balaban J connectivity index is 1.64. The molecule has 1 heterocycles. The third-order valence-corrected chi connectivity index (χ3v) is 4.93. The van der Waals surface area contributed by atoms with Crippen molar-refractivity contribution in [3.63, 3.8) is 0 Å². The Morgan fingerprint density at radius 2 is 1.87 bits per heavy atom. The summed E-state index contributed by atoms with van der Waals surface area (Å²) in [6.45, 7) is 6.31. The van der Waals surface area contributed by atoms with Gasteiger partial charge in [0.1, 0.15) is 0 Å². The number of hydrogen-bond acceptors (Lipinski definition) is 1. The van der Waals surface area contributed by atoms with Crippen LogP contribution in [-0.2, 0) is 4.79 Å². The Bertz CT molecular complexity index is 542. The van der Waals surface area contributed by atoms with Gasteiger partial charge < -0.3 is 10.2 Å². The van der Waals surface area contributed by atoms with Crippen molar-refractivity contribution in [1.82, 2.24) is 4.90 Å². The van der Waals surface area contributed by atoms with Gasteiger partial charge in [-0.15, -0.1) is 0 Å². The zero-order valence-corrected chi connectivity index (χ0v) is 14.2. The third kappa shape index (κ3) is 4.93. The predicted octanol–water partition coefficient (Wildman–Crippen LogP) is 2.30. The van der Waals surface area contributed by atoms with E-state index in [1.807, 2.05) is 6.07 Å². The van der Waals surface area contributed by atoms with E-state index in [-0.39, 0.29) is 0 Å². The lowest BCUT2D eigenvalue weighted by Gasteiger charge is -2.29. The molecule has 2 fully saturated rings. The topological polar surface area (TPSA) is 36.9 Å². The number of rotatable bonds is 6. The Morgan fingerprint density at radius 3 is 2.52 bits per heavy atom. The molecule has 124 valence electrons. The van der Waals surface area contributed by atoms with Crippen molar-refractivity contribution in [1.29, 1.82) is 0 Å². The summed E-state index contributed by atoms with van der Waals surface area (Å²) in [6, 6.07) is 10.4. The number of benzene rings is 1. The zero-order chi connectivity index (χ0) is 16.1. The van der Waals surface area contributed by atoms with Crippen LogP contribution in [0.1, 0.15) is 38.2 Å². The normalized spacial score (nSPS) is 19.6. The highest BCUT2D eigenvalue weighted by molar-refractivity contribution is 5.81. The third-order valence-electron chi connectivity index (χ3n) is 4.93. The maximum Gasteiger partial charge on any atom is 0.225 e. The number of nitrogens with zero attached hydrogens (tertiary/aromatic N) is 1. The average Bonchev–Trinajstić information content (AvgIpc) is 3.40. The maximum absolute atomic E-state index is 12.7. The summed E-state index contributed by atoms with van der Waals surface area (Å²) < 4.78 is 0. The van der Waals surface area contributed by atoms with Crippen LogP contribution in [0.15, 0.2) is 35.9 Å². The second-order valence-corrected chi connectivity index (χ2v) is 7.20. The Labute approximate surface area is 139 Å². The molecule has 1 saturated heterocycles. The molecule has 0 aromatic heterocycles. The summed E-state index contributed by atoms with van der Waals surface area (Å²) in [6.07, 6.45) is 6.89. The Morgan fingerprint density at radius 1 is 1.17 bits per heavy atom. The summed E-state index contributed by atoms with van der Waals surface area (Å²) in [4.78, 5) is 14.8. The molecule has 3 rings (SSSR count). The summed E-state index contributed by atoms with van der Waals surface area (Å²) in [5.74, 6) is 1.39. The molecule has 0 bridgehead atoms. The highest BCUT2D eigenvalue weighted by atomic mass is 16.2. The maximum atomic E-state index is 12.7. The molecule has 0 radical (unpaired) electrons. The van der Waals surface area contributed by atoms with Gasteiger partial charge in [0, 0.05) is 31.8 Å². The molecular formula is C20H29N2O+. The number of piperidine rings is 1. The van der Waals surface area contributed by atoms with Crippen LogP contribution >= 0.6 is 0 Å². The monoisotopic (exact) mass is 313 g/mol. The van der Waals surface area contributed by atoms with Gasteiger partial charge in [0.15, 0.2) is 0 Å². The highest BCUT2D eigenvalue weighted by Crippen LogP contribution is 2.32. The van der Waals surface area contributed by atoms with Gasteiger partial charge in [0.05, 0.1) is 13.1 Å². The van der Waals surface area contributed by atoms with Crippen LogP contribution in [0.5, 0.6) is 0 Å². The first kappa shape index (κ1) is 16.3. The van der Waals surface area contributed by atoms with Crippen molar-refractivity contribution in [3.05, 3.63) is 41.5 Å². The smallest absolute Gasteiger partial charge is 0.225 e. The number of amides is 1. The molecule has 0 spiro atoms. The molecule has 0 atom stereocenters. The molecule has 1 aromatic carbocycles. The summed E-state index contributed by atoms with van der Waals surface area (Å²) in [7, 11) is 0. The van der Waals surface area contributed by atoms with Crippen LogP contribution in [-0.4, -0.2) is 37.0 Å². The van der Waals surface area contributed by atoms with Gasteiger partial charge in [-0.1, -0.05) is 42.0 Å². The summed E-state index contributed by atoms with van der Waals surface area (Å²) >= 11 is 0. The van der Waals surface area contributed by atoms with E-state index in [4.69, 9.17) is 0 Å². The number of nitrogens with two attached hydrogens (primary N) is 1. The molecule has 2 N–H and O–H groups in total. The van der Waals surface area contributed by atoms with Gasteiger partial charge in [0.25, 0.3) is 0 Å². The SMILES string of the molecule is C/C(=C/c1ccccc1)CN(CC1CC[NH2+]CC1)C(=O)C1CC1. The first-order valence-electron chi connectivity index (χ1n) is 9.05. The van der Waals surface area contributed by atoms with E-state index < -0.39 is 0 Å². The first-order valence-corrected chi connectivity index (χ1v) is 9.05. The Kier molecular flexibility index (Phi) is 5.50. The van der Waals surface area contributed by atoms with Crippen molar-refractivity contribution >= 4 is 12.0 Å². The van der Waals surface area contributed by atoms with Gasteiger partial charge in [-0.25, -0.2) is 0 Å². The minimum Gasteiger partial charge on any atom is -0.346 e. The van der Waals surface area contributed by atoms with Crippen molar-refractivity contribution in [2.24, 2.45) is 11.8 Å². The highest BCUT2D eigenvalue weighted by Gasteiger charge is 2.34. The van der Waals surface area contributed by atoms with Crippen molar-refractivity contribution in [2.45, 2.75) is 32.6 Å². The van der Waals surface area contributed by atoms with Crippen LogP contribution in [0, 0.1) is 11.8 Å². The number of hydrogen-bond donors (Lipinski definition) is 1. The second kappa shape index (κ2) is 7.78. The van der Waals surface area contributed by atoms with Crippen LogP contribution < -0.4 is 5.32 Å². The van der Waals surface area contributed by atoms with E-state index in [0.717, 1.165) is 25.9 Å². The summed E-state index contributed by atoms with van der Waals surface area (Å²) in [5, 5.41) is 2.39. The quantitative estimate of drug-likeness (QED) is 0.860. The van der Waals surface area contributed by atoms with Crippen molar-refractivity contribution < 1.29 is 10.1 Å². The molecule has 1 aromatic rings. The first-order chi connectivity index (χ1) is 11.2. The summed E-state index contributed by atoms with van der Waals surface area (Å²) in [5.41, 5.74) is 2.49. The lowest BCUT2D eigenvalue weighted by Crippen LogP contribution is -2.86. The predicted molar refractivity (Wildman–Crippen MR) is 93.8 cm³/mol. The Hall–Kier alpha value is -1.61. The second-order valence-electron chi connectivity index (χ2n) is 7.20. The van der Waals surface area contributed by atoms with E-state index in [2.05, 4.69) is 47.5 Å². The lowest BCUT2D eigenvalue weighted by molar-refractivity contribution is -0.664. The van der Waals surface area contributed by atoms with Gasteiger partial charge in [-0.05, 0) is 31.2 Å². The molecule has 0 unspecified atom stereocenters. The minimum absolute atomic E-state index is 0.315. The molecule has 1 aliphatic carbocycles. The fourth-order valence-electron chi connectivity index (χ4n) is 3.49. The van der Waals surface area contributed by atoms with E-state index in [1.165, 1.54) is 37.1 Å². The largest absolute Gasteiger partial charge is 0.346 e. The fourth-order valence-corrected chi connectivity index (χ4v) is 3.49. The molecule has 1 aliphatic heterocycles. The standard InChI is InChI=1S/C20H28N2O/c1-16(13-17-5-3-2-4-6-17)14-22(20(23)19-7-8-19)15-18-9-11-21-12-10-18/h2-6,13,18-19,21H,7-12,14-15H2,1H3/p+1/b16-13-. The number of carbonyl (C=O) groups is 1. The lowest BCUT2D eigenvalue weighted by atomic mass is 9.97. The molecule has 3 heteroatoms. The van der Waals surface area contributed by atoms with E-state index >= 15 is 0 Å². The minimum atomic E-state index is 0.315. The molecule has 23 heavy (non-hydrogen) atoms. The molecule has 1 amide bonds. The average molecular weight is 313 g/mol. The molecule has 3 nitrogen and oxygen atoms in total. The van der Waals surface area contributed by atoms with Crippen LogP contribution in [0.3, 0.4) is 0 Å². The van der Waals surface area contributed by atoms with E-state index in [9.17, 15) is 4.79 Å². The van der Waals surface area contributed by atoms with Gasteiger partial charge in [-0.2, -0.15) is 0 Å². The molecular weight excluding hydrogens is 284 g/mol. The number of carbonyl (C=O) groups excluding carboxylic acids is 1. The van der Waals surface area contributed by atoms with Crippen LogP contribution in [0.2, 0.25) is 0 Å². The molecule has 2 aliphatic rings. The van der Waals surface area contributed by atoms with Crippen LogP contribution in [0.25, 0.3) is 6.08 Å². The fraction of sp³-hybridized carbons (Fsp3) is 0.550.